The van der Waals surface area contributed by atoms with E-state index in [1.807, 2.05) is 13.0 Å². The molecule has 0 bridgehead atoms. The van der Waals surface area contributed by atoms with Crippen LogP contribution in [0.2, 0.25) is 0 Å². The van der Waals surface area contributed by atoms with E-state index in [9.17, 15) is 9.90 Å². The Balaban J connectivity index is 0.00000200. The van der Waals surface area contributed by atoms with Crippen molar-refractivity contribution in [3.8, 4) is 5.75 Å². The summed E-state index contributed by atoms with van der Waals surface area (Å²) in [5, 5.41) is 14.9. The molecule has 0 fully saturated rings. The molecular formula is C13H15BrN2O3S. The number of aromatic nitrogens is 1. The maximum absolute atomic E-state index is 11.5. The van der Waals surface area contributed by atoms with Gasteiger partial charge >= 0.3 is 5.97 Å². The molecular weight excluding hydrogens is 344 g/mol. The lowest BCUT2D eigenvalue weighted by molar-refractivity contribution is 0.0520. The van der Waals surface area contributed by atoms with Crippen LogP contribution in [-0.4, -0.2) is 22.7 Å². The average Bonchev–Trinajstić information content (AvgIpc) is 2.82. The number of aromatic hydroxyl groups is 1. The molecule has 0 radical (unpaired) electrons. The number of aryl methyl sites for hydroxylation is 1. The first-order chi connectivity index (χ1) is 9.10. The molecule has 0 unspecified atom stereocenters. The number of nitrogens with zero attached hydrogens (tertiary/aromatic N) is 1. The minimum absolute atomic E-state index is 0. The molecule has 0 aliphatic carbocycles. The largest absolute Gasteiger partial charge is 0.506 e. The summed E-state index contributed by atoms with van der Waals surface area (Å²) in [4.78, 5) is 15.6. The first-order valence-corrected chi connectivity index (χ1v) is 6.67. The average molecular weight is 359 g/mol. The summed E-state index contributed by atoms with van der Waals surface area (Å²) >= 11 is 1.28. The number of phenols is 1. The van der Waals surface area contributed by atoms with Crippen LogP contribution in [0.1, 0.15) is 23.0 Å². The van der Waals surface area contributed by atoms with Gasteiger partial charge in [-0.15, -0.1) is 28.3 Å². The second-order valence-corrected chi connectivity index (χ2v) is 4.76. The van der Waals surface area contributed by atoms with Gasteiger partial charge in [-0.3, -0.25) is 0 Å². The van der Waals surface area contributed by atoms with Crippen LogP contribution in [0.5, 0.6) is 5.75 Å². The number of rotatable bonds is 4. The number of hydrogen-bond donors (Lipinski definition) is 2. The molecule has 108 valence electrons. The standard InChI is InChI=1S/C13H14N2O3S.BrH/c1-3-18-12(17)10-7-19-13(15-10)14-9-5-4-8(2)6-11(9)16;/h4-7,16H,3H2,1-2H3,(H,14,15);1H. The van der Waals surface area contributed by atoms with Crippen LogP contribution < -0.4 is 5.32 Å². The van der Waals surface area contributed by atoms with E-state index in [0.29, 0.717) is 17.4 Å². The Morgan fingerprint density at radius 2 is 2.25 bits per heavy atom. The van der Waals surface area contributed by atoms with E-state index in [2.05, 4.69) is 10.3 Å². The maximum atomic E-state index is 11.5. The van der Waals surface area contributed by atoms with Crippen LogP contribution in [0, 0.1) is 6.92 Å². The Morgan fingerprint density at radius 3 is 2.90 bits per heavy atom. The second-order valence-electron chi connectivity index (χ2n) is 3.90. The molecule has 2 rings (SSSR count). The molecule has 0 saturated carbocycles. The van der Waals surface area contributed by atoms with Gasteiger partial charge in [0.1, 0.15) is 5.75 Å². The van der Waals surface area contributed by atoms with Crippen LogP contribution in [0.4, 0.5) is 10.8 Å². The summed E-state index contributed by atoms with van der Waals surface area (Å²) < 4.78 is 4.86. The third-order valence-electron chi connectivity index (χ3n) is 2.38. The van der Waals surface area contributed by atoms with Crippen molar-refractivity contribution in [2.75, 3.05) is 11.9 Å². The molecule has 2 aromatic rings. The summed E-state index contributed by atoms with van der Waals surface area (Å²) in [6.07, 6.45) is 0. The minimum Gasteiger partial charge on any atom is -0.506 e. The predicted molar refractivity (Wildman–Crippen MR) is 84.5 cm³/mol. The summed E-state index contributed by atoms with van der Waals surface area (Å²) in [5.41, 5.74) is 1.78. The molecule has 0 aliphatic rings. The number of phenolic OH excluding ortho intramolecular Hbond substituents is 1. The number of ether oxygens (including phenoxy) is 1. The van der Waals surface area contributed by atoms with Crippen molar-refractivity contribution in [1.82, 2.24) is 4.98 Å². The molecule has 0 saturated heterocycles. The monoisotopic (exact) mass is 358 g/mol. The first kappa shape index (κ1) is 16.5. The van der Waals surface area contributed by atoms with Crippen molar-refractivity contribution < 1.29 is 14.6 Å². The number of hydrogen-bond acceptors (Lipinski definition) is 6. The molecule has 0 spiro atoms. The SMILES string of the molecule is Br.CCOC(=O)c1csc(Nc2ccc(C)cc2O)n1. The van der Waals surface area contributed by atoms with Gasteiger partial charge in [0, 0.05) is 5.38 Å². The Hall–Kier alpha value is -1.60. The molecule has 5 nitrogen and oxygen atoms in total. The van der Waals surface area contributed by atoms with Crippen LogP contribution in [-0.2, 0) is 4.74 Å². The number of thiazole rings is 1. The number of nitrogens with one attached hydrogen (secondary N) is 1. The van der Waals surface area contributed by atoms with Gasteiger partial charge in [-0.2, -0.15) is 0 Å². The second kappa shape index (κ2) is 7.25. The van der Waals surface area contributed by atoms with Gasteiger partial charge in [-0.1, -0.05) is 6.07 Å². The molecule has 20 heavy (non-hydrogen) atoms. The van der Waals surface area contributed by atoms with E-state index in [4.69, 9.17) is 4.74 Å². The van der Waals surface area contributed by atoms with E-state index in [1.54, 1.807) is 24.4 Å². The minimum atomic E-state index is -0.445. The molecule has 2 N–H and O–H groups in total. The lowest BCUT2D eigenvalue weighted by atomic mass is 10.2. The predicted octanol–water partition coefficient (Wildman–Crippen LogP) is 3.66. The van der Waals surface area contributed by atoms with Crippen molar-refractivity contribution in [2.24, 2.45) is 0 Å². The third-order valence-corrected chi connectivity index (χ3v) is 3.14. The zero-order valence-electron chi connectivity index (χ0n) is 11.0. The number of carbonyl (C=O) groups is 1. The third kappa shape index (κ3) is 3.94. The van der Waals surface area contributed by atoms with Crippen molar-refractivity contribution in [1.29, 1.82) is 0 Å². The molecule has 0 atom stereocenters. The van der Waals surface area contributed by atoms with Crippen LogP contribution >= 0.6 is 28.3 Å². The smallest absolute Gasteiger partial charge is 0.357 e. The highest BCUT2D eigenvalue weighted by atomic mass is 79.9. The number of anilines is 2. The zero-order chi connectivity index (χ0) is 13.8. The fourth-order valence-corrected chi connectivity index (χ4v) is 2.18. The van der Waals surface area contributed by atoms with Gasteiger partial charge in [-0.25, -0.2) is 9.78 Å². The van der Waals surface area contributed by atoms with Crippen molar-refractivity contribution in [2.45, 2.75) is 13.8 Å². The fraction of sp³-hybridized carbons (Fsp3) is 0.231. The first-order valence-electron chi connectivity index (χ1n) is 5.79. The van der Waals surface area contributed by atoms with Crippen molar-refractivity contribution in [3.63, 3.8) is 0 Å². The highest BCUT2D eigenvalue weighted by Crippen LogP contribution is 2.29. The van der Waals surface area contributed by atoms with Gasteiger partial charge in [-0.05, 0) is 31.5 Å². The summed E-state index contributed by atoms with van der Waals surface area (Å²) in [5.74, 6) is -0.298. The topological polar surface area (TPSA) is 71.5 Å². The van der Waals surface area contributed by atoms with Gasteiger partial charge in [0.2, 0.25) is 0 Å². The highest BCUT2D eigenvalue weighted by molar-refractivity contribution is 8.93. The van der Waals surface area contributed by atoms with Crippen molar-refractivity contribution in [3.05, 3.63) is 34.8 Å². The van der Waals surface area contributed by atoms with Gasteiger partial charge < -0.3 is 15.2 Å². The Bertz CT molecular complexity index is 601. The molecule has 1 aromatic carbocycles. The molecule has 7 heteroatoms. The number of benzene rings is 1. The van der Waals surface area contributed by atoms with Crippen LogP contribution in [0.3, 0.4) is 0 Å². The van der Waals surface area contributed by atoms with Gasteiger partial charge in [0.15, 0.2) is 10.8 Å². The Labute approximate surface area is 131 Å². The van der Waals surface area contributed by atoms with E-state index < -0.39 is 5.97 Å². The van der Waals surface area contributed by atoms with E-state index in [1.165, 1.54) is 11.3 Å². The normalized spacial score (nSPS) is 9.70. The van der Waals surface area contributed by atoms with E-state index >= 15 is 0 Å². The molecule has 1 heterocycles. The van der Waals surface area contributed by atoms with E-state index in [0.717, 1.165) is 5.56 Å². The Kier molecular flexibility index (Phi) is 5.97. The zero-order valence-corrected chi connectivity index (χ0v) is 13.6. The maximum Gasteiger partial charge on any atom is 0.357 e. The fourth-order valence-electron chi connectivity index (χ4n) is 1.49. The summed E-state index contributed by atoms with van der Waals surface area (Å²) in [6, 6.07) is 5.29. The highest BCUT2D eigenvalue weighted by Gasteiger charge is 2.12. The van der Waals surface area contributed by atoms with Gasteiger partial charge in [0.25, 0.3) is 0 Å². The quantitative estimate of drug-likeness (QED) is 0.644. The number of carbonyl (C=O) groups excluding carboxylic acids is 1. The summed E-state index contributed by atoms with van der Waals surface area (Å²) in [6.45, 7) is 3.96. The van der Waals surface area contributed by atoms with Gasteiger partial charge in [0.05, 0.1) is 12.3 Å². The molecule has 1 aromatic heterocycles. The lowest BCUT2D eigenvalue weighted by Gasteiger charge is -2.05. The lowest BCUT2D eigenvalue weighted by Crippen LogP contribution is -2.05. The Morgan fingerprint density at radius 1 is 1.50 bits per heavy atom. The van der Waals surface area contributed by atoms with Crippen LogP contribution in [0.15, 0.2) is 23.6 Å². The van der Waals surface area contributed by atoms with Crippen LogP contribution in [0.25, 0.3) is 0 Å². The van der Waals surface area contributed by atoms with E-state index in [-0.39, 0.29) is 28.4 Å². The summed E-state index contributed by atoms with van der Waals surface area (Å²) in [7, 11) is 0. The molecule has 0 amide bonds. The number of halogens is 1. The van der Waals surface area contributed by atoms with Crippen molar-refractivity contribution >= 4 is 45.1 Å². The molecule has 0 aliphatic heterocycles. The number of esters is 1.